The molecule has 3 fully saturated rings. The van der Waals surface area contributed by atoms with Gasteiger partial charge in [0.1, 0.15) is 17.1 Å². The molecule has 2 aromatic carbocycles. The first kappa shape index (κ1) is 40.7. The van der Waals surface area contributed by atoms with Crippen molar-refractivity contribution in [2.75, 3.05) is 62.7 Å². The standard InChI is InChI=1S/C46H52N8O6S/c1-31-3-5-33(6-4-31)39-26-46(13-2-14-46)15-9-35(39)30-52-17-19-53(20-18-52)36-24-42(60-37-23-34-10-16-47-44(34)50-29-37)43(49-28-36)45(55)51-61(58)38-7-8-40(41(25-38)54(56)57)48-27-32-11-21-59-22-12-32/h3-8,10,16,23-25,28-29,32,48H,2,9,11-15,17-22,26-27,30H2,1H3,(H,47,50)(H,51,55). The second-order valence-corrected chi connectivity index (χ2v) is 18.3. The molecule has 1 amide bonds. The SMILES string of the molecule is Cc1ccc(C2=C(CN3CCN(c4cnc(C(=O)NS(=O)c5ccc(NCC6CCOCC6)c([N+](=O)[O-])c5)c(Oc5cnc6[nH]ccc6c5)c4)CC3)CCC3(CCC3)C2)cc1. The number of hydrogen-bond donors (Lipinski definition) is 3. The average molecular weight is 845 g/mol. The second-order valence-electron chi connectivity index (χ2n) is 17.0. The molecule has 4 aliphatic rings. The van der Waals surface area contributed by atoms with E-state index in [1.807, 2.05) is 12.1 Å². The van der Waals surface area contributed by atoms with E-state index >= 15 is 0 Å². The Morgan fingerprint density at radius 2 is 1.82 bits per heavy atom. The molecule has 2 aliphatic heterocycles. The minimum absolute atomic E-state index is 0.0771. The van der Waals surface area contributed by atoms with Gasteiger partial charge in [0, 0.05) is 76.2 Å². The Hall–Kier alpha value is -5.64. The van der Waals surface area contributed by atoms with Crippen molar-refractivity contribution < 1.29 is 23.4 Å². The molecule has 318 valence electrons. The van der Waals surface area contributed by atoms with E-state index in [-0.39, 0.29) is 22.0 Å². The Bertz CT molecular complexity index is 2470. The number of aromatic amines is 1. The number of pyridine rings is 2. The zero-order valence-corrected chi connectivity index (χ0v) is 35.3. The van der Waals surface area contributed by atoms with Gasteiger partial charge in [0.15, 0.2) is 22.4 Å². The number of nitro benzene ring substituents is 1. The van der Waals surface area contributed by atoms with Gasteiger partial charge in [-0.05, 0) is 98.6 Å². The van der Waals surface area contributed by atoms with E-state index in [4.69, 9.17) is 9.47 Å². The lowest BCUT2D eigenvalue weighted by molar-refractivity contribution is -0.384. The number of piperazine rings is 1. The number of H-pyrrole nitrogens is 1. The summed E-state index contributed by atoms with van der Waals surface area (Å²) in [4.78, 5) is 42.4. The molecule has 15 heteroatoms. The number of rotatable bonds is 13. The van der Waals surface area contributed by atoms with Crippen molar-refractivity contribution in [3.63, 3.8) is 0 Å². The minimum atomic E-state index is -2.14. The molecule has 0 radical (unpaired) electrons. The number of amides is 1. The molecule has 3 aromatic heterocycles. The Balaban J connectivity index is 0.910. The molecule has 0 bridgehead atoms. The molecule has 1 unspecified atom stereocenters. The fourth-order valence-electron chi connectivity index (χ4n) is 9.21. The summed E-state index contributed by atoms with van der Waals surface area (Å²) in [7, 11) is -2.14. The Morgan fingerprint density at radius 3 is 2.57 bits per heavy atom. The highest BCUT2D eigenvalue weighted by Crippen LogP contribution is 2.55. The number of nitrogens with zero attached hydrogens (tertiary/aromatic N) is 5. The van der Waals surface area contributed by atoms with Crippen molar-refractivity contribution in [3.05, 3.63) is 112 Å². The van der Waals surface area contributed by atoms with E-state index in [0.29, 0.717) is 48.2 Å². The highest BCUT2D eigenvalue weighted by molar-refractivity contribution is 7.83. The van der Waals surface area contributed by atoms with Crippen molar-refractivity contribution >= 4 is 50.6 Å². The monoisotopic (exact) mass is 844 g/mol. The van der Waals surface area contributed by atoms with E-state index in [1.165, 1.54) is 61.4 Å². The molecular formula is C46H52N8O6S. The number of aromatic nitrogens is 3. The number of fused-ring (bicyclic) bond motifs is 1. The summed E-state index contributed by atoms with van der Waals surface area (Å²) in [6.45, 7) is 8.28. The lowest BCUT2D eigenvalue weighted by atomic mass is 9.59. The van der Waals surface area contributed by atoms with Crippen LogP contribution in [0.3, 0.4) is 0 Å². The number of carbonyl (C=O) groups excluding carboxylic acids is 1. The molecule has 9 rings (SSSR count). The number of hydrogen-bond acceptors (Lipinski definition) is 11. The quantitative estimate of drug-likeness (QED) is 0.0772. The van der Waals surface area contributed by atoms with Crippen LogP contribution in [-0.4, -0.2) is 87.4 Å². The lowest BCUT2D eigenvalue weighted by Crippen LogP contribution is -2.47. The van der Waals surface area contributed by atoms with Gasteiger partial charge in [0.2, 0.25) is 0 Å². The van der Waals surface area contributed by atoms with Gasteiger partial charge in [-0.15, -0.1) is 0 Å². The smallest absolute Gasteiger partial charge is 0.293 e. The van der Waals surface area contributed by atoms with Gasteiger partial charge in [0.05, 0.1) is 27.9 Å². The summed E-state index contributed by atoms with van der Waals surface area (Å²) in [6, 6.07) is 18.8. The van der Waals surface area contributed by atoms with Crippen molar-refractivity contribution in [1.29, 1.82) is 0 Å². The minimum Gasteiger partial charge on any atom is -0.453 e. The number of nitrogens with one attached hydrogen (secondary N) is 3. The van der Waals surface area contributed by atoms with Gasteiger partial charge in [-0.2, -0.15) is 0 Å². The maximum absolute atomic E-state index is 13.9. The van der Waals surface area contributed by atoms with Crippen LogP contribution in [0.25, 0.3) is 16.6 Å². The van der Waals surface area contributed by atoms with E-state index in [0.717, 1.165) is 63.1 Å². The van der Waals surface area contributed by atoms with Crippen LogP contribution in [0.2, 0.25) is 0 Å². The van der Waals surface area contributed by atoms with Crippen molar-refractivity contribution in [2.45, 2.75) is 63.2 Å². The van der Waals surface area contributed by atoms with Crippen molar-refractivity contribution in [3.8, 4) is 11.5 Å². The van der Waals surface area contributed by atoms with Gasteiger partial charge in [-0.1, -0.05) is 41.8 Å². The van der Waals surface area contributed by atoms with Crippen molar-refractivity contribution in [1.82, 2.24) is 24.6 Å². The van der Waals surface area contributed by atoms with Crippen LogP contribution in [0.4, 0.5) is 17.1 Å². The van der Waals surface area contributed by atoms with Crippen LogP contribution in [0.1, 0.15) is 73.0 Å². The summed E-state index contributed by atoms with van der Waals surface area (Å²) < 4.78 is 27.8. The molecule has 2 aliphatic carbocycles. The summed E-state index contributed by atoms with van der Waals surface area (Å²) in [5.74, 6) is 0.159. The molecular weight excluding hydrogens is 793 g/mol. The van der Waals surface area contributed by atoms with Crippen LogP contribution in [0, 0.1) is 28.4 Å². The first-order chi connectivity index (χ1) is 29.7. The Kier molecular flexibility index (Phi) is 11.9. The van der Waals surface area contributed by atoms with Crippen molar-refractivity contribution in [2.24, 2.45) is 11.3 Å². The van der Waals surface area contributed by atoms with Crippen LogP contribution < -0.4 is 19.7 Å². The van der Waals surface area contributed by atoms with Crippen LogP contribution in [0.15, 0.2) is 89.7 Å². The highest BCUT2D eigenvalue weighted by Gasteiger charge is 2.41. The van der Waals surface area contributed by atoms with Crippen LogP contribution in [0.5, 0.6) is 11.5 Å². The molecule has 5 heterocycles. The Labute approximate surface area is 357 Å². The summed E-state index contributed by atoms with van der Waals surface area (Å²) >= 11 is 0. The van der Waals surface area contributed by atoms with Gasteiger partial charge < -0.3 is 24.7 Å². The zero-order valence-electron chi connectivity index (χ0n) is 34.5. The first-order valence-electron chi connectivity index (χ1n) is 21.4. The topological polar surface area (TPSA) is 168 Å². The van der Waals surface area contributed by atoms with Crippen LogP contribution >= 0.6 is 0 Å². The summed E-state index contributed by atoms with van der Waals surface area (Å²) in [5.41, 5.74) is 7.78. The molecule has 5 aromatic rings. The first-order valence-corrected chi connectivity index (χ1v) is 22.5. The number of ether oxygens (including phenoxy) is 2. The number of allylic oxidation sites excluding steroid dienone is 1. The maximum Gasteiger partial charge on any atom is 0.293 e. The van der Waals surface area contributed by atoms with E-state index in [2.05, 4.69) is 66.0 Å². The number of nitro groups is 1. The van der Waals surface area contributed by atoms with Crippen LogP contribution in [-0.2, 0) is 15.7 Å². The van der Waals surface area contributed by atoms with Gasteiger partial charge in [-0.25, -0.2) is 14.2 Å². The van der Waals surface area contributed by atoms with Gasteiger partial charge in [-0.3, -0.25) is 24.5 Å². The molecule has 14 nitrogen and oxygen atoms in total. The third kappa shape index (κ3) is 9.19. The molecule has 1 spiro atoms. The summed E-state index contributed by atoms with van der Waals surface area (Å²) in [5, 5.41) is 16.1. The Morgan fingerprint density at radius 1 is 1.02 bits per heavy atom. The molecule has 2 saturated heterocycles. The molecule has 1 saturated carbocycles. The van der Waals surface area contributed by atoms with Gasteiger partial charge >= 0.3 is 0 Å². The third-order valence-corrected chi connectivity index (χ3v) is 14.1. The molecule has 3 N–H and O–H groups in total. The maximum atomic E-state index is 13.9. The molecule has 61 heavy (non-hydrogen) atoms. The fourth-order valence-corrected chi connectivity index (χ4v) is 10.0. The predicted molar refractivity (Wildman–Crippen MR) is 236 cm³/mol. The number of anilines is 2. The highest BCUT2D eigenvalue weighted by atomic mass is 32.2. The van der Waals surface area contributed by atoms with Gasteiger partial charge in [0.25, 0.3) is 11.6 Å². The average Bonchev–Trinajstić information content (AvgIpc) is 3.74. The number of carbonyl (C=O) groups is 1. The third-order valence-electron chi connectivity index (χ3n) is 13.0. The van der Waals surface area contributed by atoms with E-state index in [1.54, 1.807) is 35.8 Å². The summed E-state index contributed by atoms with van der Waals surface area (Å²) in [6.07, 6.45) is 14.4. The van der Waals surface area contributed by atoms with E-state index < -0.39 is 21.8 Å². The number of aryl methyl sites for hydroxylation is 1. The predicted octanol–water partition coefficient (Wildman–Crippen LogP) is 8.19. The largest absolute Gasteiger partial charge is 0.453 e. The normalized spacial score (nSPS) is 18.8. The zero-order chi connectivity index (χ0) is 41.9. The second kappa shape index (κ2) is 17.8. The number of benzene rings is 2. The fraction of sp³-hybridized carbons (Fsp3) is 0.413. The lowest BCUT2D eigenvalue weighted by Gasteiger charge is -2.47. The van der Waals surface area contributed by atoms with E-state index in [9.17, 15) is 19.1 Å². The molecule has 1 atom stereocenters.